The summed E-state index contributed by atoms with van der Waals surface area (Å²) < 4.78 is 50.7. The van der Waals surface area contributed by atoms with E-state index >= 15 is 0 Å². The van der Waals surface area contributed by atoms with Crippen LogP contribution in [0.1, 0.15) is 13.3 Å². The average Bonchev–Trinajstić information content (AvgIpc) is 3.27. The Kier molecular flexibility index (Phi) is 18.7. The van der Waals surface area contributed by atoms with Crippen molar-refractivity contribution in [2.24, 2.45) is 5.73 Å². The van der Waals surface area contributed by atoms with Crippen molar-refractivity contribution >= 4 is 11.9 Å². The number of nitrogens with two attached hydrogens (primary N) is 1. The lowest BCUT2D eigenvalue weighted by Gasteiger charge is -2.50. The van der Waals surface area contributed by atoms with E-state index in [1.54, 1.807) is 0 Å². The van der Waals surface area contributed by atoms with Crippen molar-refractivity contribution in [2.45, 2.75) is 172 Å². The monoisotopic (exact) mass is 956 g/mol. The zero-order valence-corrected chi connectivity index (χ0v) is 34.3. The minimum atomic E-state index is -2.98. The molecule has 30 heteroatoms. The second kappa shape index (κ2) is 22.5. The van der Waals surface area contributed by atoms with Gasteiger partial charge in [0.1, 0.15) is 116 Å². The number of rotatable bonds is 17. The van der Waals surface area contributed by atoms with Gasteiger partial charge in [-0.1, -0.05) is 0 Å². The summed E-state index contributed by atoms with van der Waals surface area (Å²) in [7, 11) is 0. The largest absolute Gasteiger partial charge is 0.477 e. The lowest BCUT2D eigenvalue weighted by Crippen LogP contribution is -2.70. The van der Waals surface area contributed by atoms with E-state index in [1.807, 2.05) is 0 Å². The number of hydrogen-bond acceptors (Lipinski definition) is 28. The molecular formula is C35H60N2O28. The number of aliphatic carboxylic acids is 1. The minimum Gasteiger partial charge on any atom is -0.477 e. The number of carbonyl (C=O) groups excluding carboxylic acids is 1. The van der Waals surface area contributed by atoms with Gasteiger partial charge >= 0.3 is 5.97 Å². The number of aliphatic hydroxyl groups is 16. The highest BCUT2D eigenvalue weighted by atomic mass is 16.8. The van der Waals surface area contributed by atoms with Crippen molar-refractivity contribution in [3.05, 3.63) is 0 Å². The minimum absolute atomic E-state index is 0.915. The third-order valence-corrected chi connectivity index (χ3v) is 11.8. The van der Waals surface area contributed by atoms with E-state index in [1.165, 1.54) is 0 Å². The first-order valence-electron chi connectivity index (χ1n) is 20.3. The fraction of sp³-hybridized carbons (Fsp3) is 0.943. The fourth-order valence-electron chi connectivity index (χ4n) is 8.04. The molecule has 0 aliphatic carbocycles. The predicted molar refractivity (Wildman–Crippen MR) is 197 cm³/mol. The first-order chi connectivity index (χ1) is 30.5. The maximum Gasteiger partial charge on any atom is 0.364 e. The smallest absolute Gasteiger partial charge is 0.364 e. The molecule has 5 aliphatic rings. The van der Waals surface area contributed by atoms with Gasteiger partial charge in [-0.15, -0.1) is 0 Å². The molecule has 5 rings (SSSR count). The van der Waals surface area contributed by atoms with Gasteiger partial charge in [0.2, 0.25) is 5.91 Å². The number of hydrogen-bond donors (Lipinski definition) is 19. The highest BCUT2D eigenvalue weighted by Gasteiger charge is 2.59. The maximum atomic E-state index is 12.8. The van der Waals surface area contributed by atoms with E-state index < -0.39 is 210 Å². The molecule has 0 aromatic carbocycles. The van der Waals surface area contributed by atoms with Gasteiger partial charge in [0.25, 0.3) is 5.79 Å². The normalized spacial score (nSPS) is 48.3. The summed E-state index contributed by atoms with van der Waals surface area (Å²) in [6.45, 7) is -4.16. The number of amides is 1. The Balaban J connectivity index is 1.51. The Morgan fingerprint density at radius 2 is 1.20 bits per heavy atom. The van der Waals surface area contributed by atoms with Gasteiger partial charge in [-0.3, -0.25) is 4.79 Å². The van der Waals surface area contributed by atoms with Crippen LogP contribution >= 0.6 is 0 Å². The van der Waals surface area contributed by atoms with Crippen molar-refractivity contribution in [3.63, 3.8) is 0 Å². The van der Waals surface area contributed by atoms with Gasteiger partial charge in [0.05, 0.1) is 45.2 Å². The van der Waals surface area contributed by atoms with E-state index in [2.05, 4.69) is 5.32 Å². The van der Waals surface area contributed by atoms with E-state index in [0.29, 0.717) is 0 Å². The number of carboxylic acids is 1. The molecule has 26 atom stereocenters. The Morgan fingerprint density at radius 1 is 0.662 bits per heavy atom. The van der Waals surface area contributed by atoms with Crippen LogP contribution in [0.5, 0.6) is 0 Å². The second-order valence-corrected chi connectivity index (χ2v) is 16.2. The molecule has 378 valence electrons. The predicted octanol–water partition coefficient (Wildman–Crippen LogP) is -12.6. The standard InChI is InChI=1S/C35H60N2O28/c1-8(42)37-16-28(63-32-24(52)21(49)18(46)11(4-39)59-32)20(48)14(7-57-35(34(55)56)2-9(43)15(36)27(65-35)17(45)10(44)3-38)61-31(16)64-29-19(47)12(5-40)60-33(25(29)53)62-26-13(6-41)58-30(54)23(51)22(26)50/h9-33,38-41,43-54H,2-7,36H2,1H3,(H,37,42)(H,55,56)/t9-,10+,11+,12+,13+,14+,15+,16+,17+,18-,19-,20+,21-,22+,23+,24+,25+,26+,27+,28+,29-,30?,31-,32-,33-,35+/m0/s1. The zero-order valence-electron chi connectivity index (χ0n) is 34.3. The summed E-state index contributed by atoms with van der Waals surface area (Å²) in [5.74, 6) is -5.86. The number of carbonyl (C=O) groups is 2. The van der Waals surface area contributed by atoms with Crippen molar-refractivity contribution < 1.29 is 139 Å². The number of carboxylic acid groups (broad SMARTS) is 1. The summed E-state index contributed by atoms with van der Waals surface area (Å²) in [6.07, 6.45) is -46.4. The van der Waals surface area contributed by atoms with Crippen molar-refractivity contribution in [1.82, 2.24) is 5.32 Å². The molecule has 0 radical (unpaired) electrons. The van der Waals surface area contributed by atoms with Crippen LogP contribution < -0.4 is 11.1 Å². The second-order valence-electron chi connectivity index (χ2n) is 16.2. The molecule has 0 bridgehead atoms. The van der Waals surface area contributed by atoms with Gasteiger partial charge in [0.15, 0.2) is 25.2 Å². The molecule has 1 unspecified atom stereocenters. The van der Waals surface area contributed by atoms with E-state index in [4.69, 9.17) is 48.4 Å². The molecule has 5 aliphatic heterocycles. The number of nitrogens with one attached hydrogen (secondary N) is 1. The molecule has 0 saturated carbocycles. The topological polar surface area (TPSA) is 499 Å². The van der Waals surface area contributed by atoms with Crippen molar-refractivity contribution in [1.29, 1.82) is 0 Å². The SMILES string of the molecule is CC(=O)N[C@H]1[C@H](O[C@H]2[C@@H](O)[C@@H](CO)O[C@@H](O[C@H]3[C@H](O)[C@@H](O)C(O)O[C@@H]3CO)[C@@H]2O)O[C@H](CO[C@]2(C(=O)O)C[C@H](O)[C@@H](N)[C@H]([C@H](O)[C@H](O)CO)O2)[C@@H](O)[C@@H]1O[C@@H]1O[C@H](CO)[C@H](O)[C@H](O)[C@H]1O. The molecule has 1 amide bonds. The first kappa shape index (κ1) is 53.8. The molecule has 0 aromatic rings. The molecule has 30 nitrogen and oxygen atoms in total. The summed E-state index contributed by atoms with van der Waals surface area (Å²) in [5, 5.41) is 181. The van der Waals surface area contributed by atoms with Gasteiger partial charge in [-0.2, -0.15) is 0 Å². The lowest BCUT2D eigenvalue weighted by molar-refractivity contribution is -0.382. The summed E-state index contributed by atoms with van der Waals surface area (Å²) in [4.78, 5) is 25.5. The van der Waals surface area contributed by atoms with E-state index in [9.17, 15) is 96.4 Å². The first-order valence-corrected chi connectivity index (χ1v) is 20.3. The van der Waals surface area contributed by atoms with Crippen LogP contribution in [0.2, 0.25) is 0 Å². The van der Waals surface area contributed by atoms with Gasteiger partial charge < -0.3 is 140 Å². The third-order valence-electron chi connectivity index (χ3n) is 11.8. The quantitative estimate of drug-likeness (QED) is 0.0643. The Labute approximate surface area is 367 Å². The highest BCUT2D eigenvalue weighted by molar-refractivity contribution is 5.76. The maximum absolute atomic E-state index is 12.8. The van der Waals surface area contributed by atoms with E-state index in [0.717, 1.165) is 6.92 Å². The Hall–Kier alpha value is -2.10. The molecule has 5 saturated heterocycles. The molecule has 0 spiro atoms. The lowest BCUT2D eigenvalue weighted by atomic mass is 9.89. The average molecular weight is 957 g/mol. The number of aliphatic hydroxyl groups excluding tert-OH is 16. The van der Waals surface area contributed by atoms with Crippen LogP contribution in [0.25, 0.3) is 0 Å². The summed E-state index contributed by atoms with van der Waals surface area (Å²) in [5.41, 5.74) is 5.94. The number of ether oxygens (including phenoxy) is 9. The summed E-state index contributed by atoms with van der Waals surface area (Å²) >= 11 is 0. The van der Waals surface area contributed by atoms with Crippen LogP contribution in [0.4, 0.5) is 0 Å². The van der Waals surface area contributed by atoms with Crippen molar-refractivity contribution in [3.8, 4) is 0 Å². The molecule has 20 N–H and O–H groups in total. The fourth-order valence-corrected chi connectivity index (χ4v) is 8.04. The molecule has 65 heavy (non-hydrogen) atoms. The summed E-state index contributed by atoms with van der Waals surface area (Å²) in [6, 6.07) is -3.44. The van der Waals surface area contributed by atoms with Crippen LogP contribution in [-0.2, 0) is 52.2 Å². The van der Waals surface area contributed by atoms with Crippen LogP contribution in [0, 0.1) is 0 Å². The third kappa shape index (κ3) is 11.3. The highest BCUT2D eigenvalue weighted by Crippen LogP contribution is 2.37. The van der Waals surface area contributed by atoms with Crippen molar-refractivity contribution in [2.75, 3.05) is 33.0 Å². The van der Waals surface area contributed by atoms with Crippen LogP contribution in [0.15, 0.2) is 0 Å². The van der Waals surface area contributed by atoms with Gasteiger partial charge in [-0.25, -0.2) is 4.79 Å². The Morgan fingerprint density at radius 3 is 1.77 bits per heavy atom. The van der Waals surface area contributed by atoms with E-state index in [-0.39, 0.29) is 0 Å². The van der Waals surface area contributed by atoms with Gasteiger partial charge in [-0.05, 0) is 0 Å². The molecule has 5 fully saturated rings. The van der Waals surface area contributed by atoms with Crippen LogP contribution in [0.3, 0.4) is 0 Å². The van der Waals surface area contributed by atoms with Gasteiger partial charge in [0, 0.05) is 13.3 Å². The molecular weight excluding hydrogens is 896 g/mol. The van der Waals surface area contributed by atoms with Crippen LogP contribution in [-0.4, -0.2) is 291 Å². The Bertz CT molecular complexity index is 1540. The molecule has 0 aromatic heterocycles. The zero-order chi connectivity index (χ0) is 48.4. The molecule has 5 heterocycles.